The van der Waals surface area contributed by atoms with E-state index in [1.807, 2.05) is 12.1 Å². The Hall–Kier alpha value is -1.39. The lowest BCUT2D eigenvalue weighted by Crippen LogP contribution is -2.38. The molecule has 22 heavy (non-hydrogen) atoms. The number of carbonyl (C=O) groups is 1. The molecule has 1 aromatic rings. The van der Waals surface area contributed by atoms with Crippen molar-refractivity contribution in [2.45, 2.75) is 63.9 Å². The highest BCUT2D eigenvalue weighted by atomic mass is 16.6. The molecule has 0 aliphatic carbocycles. The van der Waals surface area contributed by atoms with E-state index in [1.165, 1.54) is 0 Å². The lowest BCUT2D eigenvalue weighted by molar-refractivity contribution is -0.0960. The fourth-order valence-electron chi connectivity index (χ4n) is 3.85. The Morgan fingerprint density at radius 3 is 2.77 bits per heavy atom. The fourth-order valence-corrected chi connectivity index (χ4v) is 3.85. The summed E-state index contributed by atoms with van der Waals surface area (Å²) in [7, 11) is 0. The van der Waals surface area contributed by atoms with Crippen LogP contribution in [0.5, 0.6) is 0 Å². The summed E-state index contributed by atoms with van der Waals surface area (Å²) in [5, 5.41) is 9.25. The van der Waals surface area contributed by atoms with Crippen molar-refractivity contribution in [2.75, 3.05) is 0 Å². The number of aromatic carboxylic acids is 1. The number of hydrogen-bond donors (Lipinski definition) is 1. The van der Waals surface area contributed by atoms with E-state index in [0.29, 0.717) is 18.1 Å². The van der Waals surface area contributed by atoms with Crippen LogP contribution in [-0.4, -0.2) is 28.4 Å². The molecular formula is C18H24O4. The van der Waals surface area contributed by atoms with Crippen molar-refractivity contribution in [3.8, 4) is 0 Å². The van der Waals surface area contributed by atoms with E-state index in [4.69, 9.17) is 9.47 Å². The zero-order valence-corrected chi connectivity index (χ0v) is 13.5. The first kappa shape index (κ1) is 15.5. The third-order valence-corrected chi connectivity index (χ3v) is 5.43. The SMILES string of the molecule is CC(C)C12CCC(C)(O1)C(OCc1ccccc1C(=O)O)C2. The molecule has 0 radical (unpaired) electrons. The topological polar surface area (TPSA) is 55.8 Å². The summed E-state index contributed by atoms with van der Waals surface area (Å²) < 4.78 is 12.4. The molecule has 2 aliphatic rings. The molecule has 1 aromatic carbocycles. The average Bonchev–Trinajstić information content (AvgIpc) is 2.97. The minimum absolute atomic E-state index is 0.0329. The fraction of sp³-hybridized carbons (Fsp3) is 0.611. The van der Waals surface area contributed by atoms with E-state index in [0.717, 1.165) is 24.8 Å². The van der Waals surface area contributed by atoms with E-state index < -0.39 is 5.97 Å². The number of rotatable bonds is 5. The van der Waals surface area contributed by atoms with Crippen molar-refractivity contribution < 1.29 is 19.4 Å². The molecule has 3 unspecified atom stereocenters. The van der Waals surface area contributed by atoms with Gasteiger partial charge in [0.25, 0.3) is 0 Å². The minimum atomic E-state index is -0.909. The summed E-state index contributed by atoms with van der Waals surface area (Å²) in [5.41, 5.74) is 0.740. The zero-order chi connectivity index (χ0) is 16.0. The van der Waals surface area contributed by atoms with Crippen molar-refractivity contribution in [3.63, 3.8) is 0 Å². The lowest BCUT2D eigenvalue weighted by atomic mass is 9.75. The first-order valence-corrected chi connectivity index (χ1v) is 7.99. The van der Waals surface area contributed by atoms with Gasteiger partial charge in [-0.1, -0.05) is 32.0 Å². The summed E-state index contributed by atoms with van der Waals surface area (Å²) >= 11 is 0. The molecule has 2 aliphatic heterocycles. The Labute approximate surface area is 131 Å². The Morgan fingerprint density at radius 1 is 1.41 bits per heavy atom. The third-order valence-electron chi connectivity index (χ3n) is 5.43. The molecule has 1 N–H and O–H groups in total. The Balaban J connectivity index is 1.72. The van der Waals surface area contributed by atoms with Crippen LogP contribution in [0.2, 0.25) is 0 Å². The second-order valence-corrected chi connectivity index (χ2v) is 7.10. The van der Waals surface area contributed by atoms with Gasteiger partial charge in [0.05, 0.1) is 29.5 Å². The Kier molecular flexibility index (Phi) is 3.77. The Morgan fingerprint density at radius 2 is 2.14 bits per heavy atom. The normalized spacial score (nSPS) is 33.5. The summed E-state index contributed by atoms with van der Waals surface area (Å²) in [5.74, 6) is -0.442. The number of carboxylic acids is 1. The lowest BCUT2D eigenvalue weighted by Gasteiger charge is -2.31. The van der Waals surface area contributed by atoms with E-state index in [1.54, 1.807) is 12.1 Å². The molecule has 0 aromatic heterocycles. The van der Waals surface area contributed by atoms with Gasteiger partial charge in [0.1, 0.15) is 0 Å². The number of carboxylic acid groups (broad SMARTS) is 1. The molecule has 0 saturated carbocycles. The quantitative estimate of drug-likeness (QED) is 0.902. The highest BCUT2D eigenvalue weighted by molar-refractivity contribution is 5.89. The smallest absolute Gasteiger partial charge is 0.336 e. The highest BCUT2D eigenvalue weighted by Crippen LogP contribution is 2.55. The van der Waals surface area contributed by atoms with Gasteiger partial charge in [-0.2, -0.15) is 0 Å². The van der Waals surface area contributed by atoms with Crippen LogP contribution in [0.3, 0.4) is 0 Å². The summed E-state index contributed by atoms with van der Waals surface area (Å²) in [6.45, 7) is 6.85. The van der Waals surface area contributed by atoms with Gasteiger partial charge in [0.2, 0.25) is 0 Å². The van der Waals surface area contributed by atoms with Gasteiger partial charge in [0.15, 0.2) is 0 Å². The number of hydrogen-bond acceptors (Lipinski definition) is 3. The van der Waals surface area contributed by atoms with Crippen molar-refractivity contribution >= 4 is 5.97 Å². The van der Waals surface area contributed by atoms with Gasteiger partial charge in [-0.25, -0.2) is 4.79 Å². The molecular weight excluding hydrogens is 280 g/mol. The molecule has 3 rings (SSSR count). The van der Waals surface area contributed by atoms with Crippen molar-refractivity contribution in [1.29, 1.82) is 0 Å². The molecule has 4 nitrogen and oxygen atoms in total. The van der Waals surface area contributed by atoms with E-state index in [-0.39, 0.29) is 17.3 Å². The van der Waals surface area contributed by atoms with Crippen LogP contribution < -0.4 is 0 Å². The summed E-state index contributed by atoms with van der Waals surface area (Å²) in [4.78, 5) is 11.3. The summed E-state index contributed by atoms with van der Waals surface area (Å²) in [6.07, 6.45) is 3.03. The van der Waals surface area contributed by atoms with Crippen LogP contribution in [-0.2, 0) is 16.1 Å². The first-order chi connectivity index (χ1) is 10.4. The molecule has 4 heteroatoms. The third kappa shape index (κ3) is 2.44. The molecule has 2 bridgehead atoms. The largest absolute Gasteiger partial charge is 0.478 e. The van der Waals surface area contributed by atoms with Gasteiger partial charge in [-0.05, 0) is 37.3 Å². The molecule has 0 amide bonds. The predicted octanol–water partition coefficient (Wildman–Crippen LogP) is 3.64. The van der Waals surface area contributed by atoms with E-state index in [2.05, 4.69) is 20.8 Å². The maximum Gasteiger partial charge on any atom is 0.336 e. The van der Waals surface area contributed by atoms with Gasteiger partial charge < -0.3 is 14.6 Å². The summed E-state index contributed by atoms with van der Waals surface area (Å²) in [6, 6.07) is 7.02. The maximum atomic E-state index is 11.3. The van der Waals surface area contributed by atoms with E-state index in [9.17, 15) is 9.90 Å². The Bertz CT molecular complexity index is 582. The average molecular weight is 304 g/mol. The minimum Gasteiger partial charge on any atom is -0.478 e. The highest BCUT2D eigenvalue weighted by Gasteiger charge is 2.60. The standard InChI is InChI=1S/C18H24O4/c1-12(2)18-9-8-17(3,22-18)15(10-18)21-11-13-6-4-5-7-14(13)16(19)20/h4-7,12,15H,8-11H2,1-3H3,(H,19,20). The van der Waals surface area contributed by atoms with Crippen molar-refractivity contribution in [3.05, 3.63) is 35.4 Å². The number of ether oxygens (including phenoxy) is 2. The van der Waals surface area contributed by atoms with Gasteiger partial charge in [0, 0.05) is 6.42 Å². The second kappa shape index (κ2) is 5.36. The van der Waals surface area contributed by atoms with Gasteiger partial charge in [-0.3, -0.25) is 0 Å². The van der Waals surface area contributed by atoms with Crippen LogP contribution in [0.25, 0.3) is 0 Å². The predicted molar refractivity (Wildman–Crippen MR) is 82.9 cm³/mol. The van der Waals surface area contributed by atoms with Gasteiger partial charge >= 0.3 is 5.97 Å². The molecule has 3 atom stereocenters. The second-order valence-electron chi connectivity index (χ2n) is 7.10. The van der Waals surface area contributed by atoms with Gasteiger partial charge in [-0.15, -0.1) is 0 Å². The zero-order valence-electron chi connectivity index (χ0n) is 13.5. The molecule has 2 fully saturated rings. The molecule has 2 heterocycles. The van der Waals surface area contributed by atoms with Crippen LogP contribution >= 0.6 is 0 Å². The number of benzene rings is 1. The van der Waals surface area contributed by atoms with Crippen LogP contribution in [0.4, 0.5) is 0 Å². The molecule has 2 saturated heterocycles. The van der Waals surface area contributed by atoms with Crippen LogP contribution in [0.15, 0.2) is 24.3 Å². The monoisotopic (exact) mass is 304 g/mol. The molecule has 0 spiro atoms. The van der Waals surface area contributed by atoms with Crippen LogP contribution in [0, 0.1) is 5.92 Å². The number of fused-ring (bicyclic) bond motifs is 2. The van der Waals surface area contributed by atoms with Crippen molar-refractivity contribution in [1.82, 2.24) is 0 Å². The van der Waals surface area contributed by atoms with E-state index >= 15 is 0 Å². The molecule has 120 valence electrons. The van der Waals surface area contributed by atoms with Crippen LogP contribution in [0.1, 0.15) is 56.0 Å². The maximum absolute atomic E-state index is 11.3. The van der Waals surface area contributed by atoms with Crippen molar-refractivity contribution in [2.24, 2.45) is 5.92 Å². The first-order valence-electron chi connectivity index (χ1n) is 7.99.